The van der Waals surface area contributed by atoms with Gasteiger partial charge in [-0.05, 0) is 98.4 Å². The molecule has 4 rings (SSSR count). The van der Waals surface area contributed by atoms with E-state index in [0.29, 0.717) is 17.3 Å². The van der Waals surface area contributed by atoms with Crippen molar-refractivity contribution in [3.05, 3.63) is 11.6 Å². The van der Waals surface area contributed by atoms with Gasteiger partial charge in [-0.15, -0.1) is 0 Å². The van der Waals surface area contributed by atoms with E-state index in [1.54, 1.807) is 0 Å². The summed E-state index contributed by atoms with van der Waals surface area (Å²) >= 11 is 0. The van der Waals surface area contributed by atoms with Crippen molar-refractivity contribution in [1.29, 1.82) is 0 Å². The summed E-state index contributed by atoms with van der Waals surface area (Å²) in [6.07, 6.45) is 11.9. The fourth-order valence-corrected chi connectivity index (χ4v) is 7.74. The SMILES string of the molecule is CC(=O)O[C@H]1CC[C@@]2(C)[C@H](CC[C@@H]3[C@@H]2CC[C@]2(C)C(/C(C)=N\O)=CC[C@@H]32)C1. The second kappa shape index (κ2) is 6.63. The lowest BCUT2D eigenvalue weighted by molar-refractivity contribution is -0.158. The molecule has 0 amide bonds. The van der Waals surface area contributed by atoms with Gasteiger partial charge < -0.3 is 9.94 Å². The van der Waals surface area contributed by atoms with E-state index in [-0.39, 0.29) is 17.5 Å². The van der Waals surface area contributed by atoms with Gasteiger partial charge in [-0.3, -0.25) is 4.79 Å². The first kappa shape index (κ1) is 19.0. The first-order chi connectivity index (χ1) is 12.8. The highest BCUT2D eigenvalue weighted by atomic mass is 16.5. The number of ether oxygens (including phenoxy) is 1. The number of carbonyl (C=O) groups is 1. The second-order valence-electron chi connectivity index (χ2n) is 10.2. The van der Waals surface area contributed by atoms with E-state index in [0.717, 1.165) is 36.8 Å². The highest BCUT2D eigenvalue weighted by molar-refractivity contribution is 5.99. The van der Waals surface area contributed by atoms with Gasteiger partial charge in [-0.25, -0.2) is 0 Å². The van der Waals surface area contributed by atoms with Crippen LogP contribution >= 0.6 is 0 Å². The van der Waals surface area contributed by atoms with Gasteiger partial charge in [-0.1, -0.05) is 25.1 Å². The maximum Gasteiger partial charge on any atom is 0.302 e. The normalized spacial score (nSPS) is 46.7. The second-order valence-corrected chi connectivity index (χ2v) is 10.2. The van der Waals surface area contributed by atoms with E-state index < -0.39 is 0 Å². The van der Waals surface area contributed by atoms with Crippen molar-refractivity contribution in [3.8, 4) is 0 Å². The van der Waals surface area contributed by atoms with E-state index in [4.69, 9.17) is 4.74 Å². The molecule has 0 aliphatic heterocycles. The average molecular weight is 374 g/mol. The number of hydrogen-bond donors (Lipinski definition) is 1. The van der Waals surface area contributed by atoms with Crippen LogP contribution in [0, 0.1) is 34.5 Å². The van der Waals surface area contributed by atoms with Crippen LogP contribution in [0.1, 0.15) is 79.1 Å². The van der Waals surface area contributed by atoms with Crippen molar-refractivity contribution in [1.82, 2.24) is 0 Å². The molecule has 1 N–H and O–H groups in total. The zero-order valence-corrected chi connectivity index (χ0v) is 17.3. The quantitative estimate of drug-likeness (QED) is 0.307. The van der Waals surface area contributed by atoms with E-state index in [9.17, 15) is 10.0 Å². The van der Waals surface area contributed by atoms with Gasteiger partial charge in [0, 0.05) is 6.92 Å². The lowest BCUT2D eigenvalue weighted by Gasteiger charge is -2.60. The van der Waals surface area contributed by atoms with E-state index in [1.807, 2.05) is 6.92 Å². The maximum atomic E-state index is 11.4. The molecule has 27 heavy (non-hydrogen) atoms. The van der Waals surface area contributed by atoms with Crippen LogP contribution < -0.4 is 0 Å². The third kappa shape index (κ3) is 2.86. The summed E-state index contributed by atoms with van der Waals surface area (Å²) in [6, 6.07) is 0. The minimum Gasteiger partial charge on any atom is -0.463 e. The first-order valence-electron chi connectivity index (χ1n) is 10.9. The van der Waals surface area contributed by atoms with Crippen LogP contribution in [0.25, 0.3) is 0 Å². The Kier molecular flexibility index (Phi) is 4.67. The summed E-state index contributed by atoms with van der Waals surface area (Å²) < 4.78 is 5.58. The highest BCUT2D eigenvalue weighted by Crippen LogP contribution is 2.66. The highest BCUT2D eigenvalue weighted by Gasteiger charge is 2.59. The molecule has 4 heteroatoms. The van der Waals surface area contributed by atoms with Gasteiger partial charge in [0.05, 0.1) is 5.71 Å². The van der Waals surface area contributed by atoms with Gasteiger partial charge in [0.1, 0.15) is 6.10 Å². The van der Waals surface area contributed by atoms with Crippen LogP contribution in [-0.2, 0) is 9.53 Å². The topological polar surface area (TPSA) is 58.9 Å². The minimum atomic E-state index is -0.129. The Labute approximate surface area is 163 Å². The monoisotopic (exact) mass is 373 g/mol. The van der Waals surface area contributed by atoms with Crippen LogP contribution in [0.4, 0.5) is 0 Å². The van der Waals surface area contributed by atoms with Gasteiger partial charge in [-0.2, -0.15) is 0 Å². The molecule has 3 saturated carbocycles. The molecule has 0 heterocycles. The van der Waals surface area contributed by atoms with Crippen molar-refractivity contribution in [3.63, 3.8) is 0 Å². The molecule has 4 nitrogen and oxygen atoms in total. The van der Waals surface area contributed by atoms with Crippen molar-refractivity contribution >= 4 is 11.7 Å². The Hall–Kier alpha value is -1.32. The van der Waals surface area contributed by atoms with E-state index in [1.165, 1.54) is 44.6 Å². The predicted molar refractivity (Wildman–Crippen MR) is 106 cm³/mol. The molecule has 0 saturated heterocycles. The van der Waals surface area contributed by atoms with E-state index in [2.05, 4.69) is 25.1 Å². The molecule has 0 aromatic heterocycles. The predicted octanol–water partition coefficient (Wildman–Crippen LogP) is 5.35. The number of nitrogens with zero attached hydrogens (tertiary/aromatic N) is 1. The lowest BCUT2D eigenvalue weighted by Crippen LogP contribution is -2.54. The van der Waals surface area contributed by atoms with Crippen molar-refractivity contribution in [2.75, 3.05) is 0 Å². The maximum absolute atomic E-state index is 11.4. The molecule has 0 aromatic carbocycles. The summed E-state index contributed by atoms with van der Waals surface area (Å²) in [4.78, 5) is 11.4. The Bertz CT molecular complexity index is 683. The number of hydrogen-bond acceptors (Lipinski definition) is 4. The van der Waals surface area contributed by atoms with Crippen LogP contribution in [0.3, 0.4) is 0 Å². The summed E-state index contributed by atoms with van der Waals surface area (Å²) in [7, 11) is 0. The third-order valence-corrected chi connectivity index (χ3v) is 9.07. The average Bonchev–Trinajstić information content (AvgIpc) is 2.98. The molecule has 150 valence electrons. The number of esters is 1. The Morgan fingerprint density at radius 1 is 1.15 bits per heavy atom. The zero-order valence-electron chi connectivity index (χ0n) is 17.3. The largest absolute Gasteiger partial charge is 0.463 e. The van der Waals surface area contributed by atoms with Crippen LogP contribution in [0.2, 0.25) is 0 Å². The van der Waals surface area contributed by atoms with Gasteiger partial charge in [0.2, 0.25) is 0 Å². The van der Waals surface area contributed by atoms with Gasteiger partial charge >= 0.3 is 5.97 Å². The summed E-state index contributed by atoms with van der Waals surface area (Å²) in [5.41, 5.74) is 2.67. The number of carbonyl (C=O) groups excluding carboxylic acids is 1. The van der Waals surface area contributed by atoms with E-state index >= 15 is 0 Å². The summed E-state index contributed by atoms with van der Waals surface area (Å²) in [5.74, 6) is 2.81. The molecule has 0 radical (unpaired) electrons. The number of allylic oxidation sites excluding steroid dienone is 2. The third-order valence-electron chi connectivity index (χ3n) is 9.07. The van der Waals surface area contributed by atoms with Crippen molar-refractivity contribution < 1.29 is 14.7 Å². The minimum absolute atomic E-state index is 0.129. The number of fused-ring (bicyclic) bond motifs is 5. The smallest absolute Gasteiger partial charge is 0.302 e. The molecule has 0 bridgehead atoms. The summed E-state index contributed by atoms with van der Waals surface area (Å²) in [6.45, 7) is 8.42. The molecule has 4 aliphatic carbocycles. The molecule has 7 atom stereocenters. The zero-order chi connectivity index (χ0) is 19.4. The molecule has 0 unspecified atom stereocenters. The Morgan fingerprint density at radius 3 is 2.63 bits per heavy atom. The standard InChI is InChI=1S/C23H35NO3/c1-14(24-26)19-7-8-20-18-6-5-16-13-17(27-15(2)25)9-11-22(16,3)21(18)10-12-23(19,20)4/h7,16-18,20-21,26H,5-6,8-13H2,1-4H3/b24-14-/t16-,17+,18+,20+,21+,22+,23-/m1/s1. The molecule has 3 fully saturated rings. The van der Waals surface area contributed by atoms with Crippen LogP contribution in [-0.4, -0.2) is 23.0 Å². The van der Waals surface area contributed by atoms with Crippen LogP contribution in [0.5, 0.6) is 0 Å². The fourth-order valence-electron chi connectivity index (χ4n) is 7.74. The Balaban J connectivity index is 1.54. The van der Waals surface area contributed by atoms with Crippen molar-refractivity contribution in [2.24, 2.45) is 39.7 Å². The molecule has 0 aromatic rings. The Morgan fingerprint density at radius 2 is 1.93 bits per heavy atom. The van der Waals surface area contributed by atoms with Crippen molar-refractivity contribution in [2.45, 2.75) is 85.2 Å². The first-order valence-corrected chi connectivity index (χ1v) is 10.9. The molecule has 4 aliphatic rings. The van der Waals surface area contributed by atoms with Gasteiger partial charge in [0.15, 0.2) is 0 Å². The molecular weight excluding hydrogens is 338 g/mol. The fraction of sp³-hybridized carbons (Fsp3) is 0.826. The molecule has 0 spiro atoms. The van der Waals surface area contributed by atoms with Crippen LogP contribution in [0.15, 0.2) is 16.8 Å². The molecular formula is C23H35NO3. The van der Waals surface area contributed by atoms with Gasteiger partial charge in [0.25, 0.3) is 0 Å². The lowest BCUT2D eigenvalue weighted by atomic mass is 9.44. The number of rotatable bonds is 2. The number of oxime groups is 1. The summed E-state index contributed by atoms with van der Waals surface area (Å²) in [5, 5.41) is 12.9.